The Kier molecular flexibility index (Phi) is 35.4. The van der Waals surface area contributed by atoms with Crippen molar-refractivity contribution in [2.75, 3.05) is 28.4 Å². The Morgan fingerprint density at radius 2 is 0.793 bits per heavy atom. The third-order valence-electron chi connectivity index (χ3n) is 27.3. The zero-order valence-electron chi connectivity index (χ0n) is 62.3. The predicted molar refractivity (Wildman–Crippen MR) is 382 cm³/mol. The second-order valence-electron chi connectivity index (χ2n) is 34.5. The van der Waals surface area contributed by atoms with Crippen LogP contribution in [0.15, 0.2) is 24.3 Å². The number of hydrogen-bond acceptors (Lipinski definition) is 8. The number of allylic oxidation sites excluding steroid dienone is 4. The van der Waals surface area contributed by atoms with E-state index in [1.807, 2.05) is 0 Å². The molecule has 6 aliphatic rings. The van der Waals surface area contributed by atoms with Crippen LogP contribution in [-0.2, 0) is 38.1 Å². The van der Waals surface area contributed by atoms with Gasteiger partial charge in [-0.15, -0.1) is 0 Å². The van der Waals surface area contributed by atoms with Crippen molar-refractivity contribution < 1.29 is 38.1 Å². The molecule has 6 rings (SSSR count). The molecule has 0 heterocycles. The van der Waals surface area contributed by atoms with Crippen molar-refractivity contribution in [3.8, 4) is 0 Å². The van der Waals surface area contributed by atoms with Gasteiger partial charge in [-0.05, 0) is 245 Å². The van der Waals surface area contributed by atoms with Crippen LogP contribution in [0.3, 0.4) is 0 Å². The summed E-state index contributed by atoms with van der Waals surface area (Å²) in [7, 11) is 6.10. The summed E-state index contributed by atoms with van der Waals surface area (Å²) in [6.07, 6.45) is 57.4. The maximum atomic E-state index is 12.1. The molecule has 92 heavy (non-hydrogen) atoms. The van der Waals surface area contributed by atoms with E-state index in [2.05, 4.69) is 93.5 Å². The predicted octanol–water partition coefficient (Wildman–Crippen LogP) is 22.7. The lowest BCUT2D eigenvalue weighted by molar-refractivity contribution is -0.142. The minimum atomic E-state index is -0.0703. The molecule has 8 heteroatoms. The van der Waals surface area contributed by atoms with E-state index < -0.39 is 0 Å². The molecule has 4 fully saturated rings. The van der Waals surface area contributed by atoms with Crippen molar-refractivity contribution in [3.05, 3.63) is 24.3 Å². The number of carbonyl (C=O) groups is 4. The molecule has 4 saturated carbocycles. The van der Waals surface area contributed by atoms with Crippen LogP contribution < -0.4 is 0 Å². The Morgan fingerprint density at radius 1 is 0.348 bits per heavy atom. The molecule has 0 amide bonds. The topological polar surface area (TPSA) is 105 Å². The SMILES string of the molecule is COC(=O)C[C@@H](C)CC(C)[C@H]1CC[C@H]([C@H](C)CCC[C@@H](CC[C@@H](C)CCC[C@@H](C)[C@H]2C=C[C@H](C3CC[C@H](CC(=O)OC)C3)C2)CC[C@@H](CCC[C@@H](C)[C@H]2CC[C@H](C3C=C[C@H](CC(=O)OC)C3)C2)CCC(C)CCC[C@@H](C)[C@@H](C)C[C@H](C)C2CC[C@H](CC(=O)OC)C2)C1. The van der Waals surface area contributed by atoms with E-state index in [0.717, 1.165) is 108 Å². The normalized spacial score (nSPS) is 30.3. The van der Waals surface area contributed by atoms with E-state index in [1.165, 1.54) is 234 Å². The molecule has 0 bridgehead atoms. The summed E-state index contributed by atoms with van der Waals surface area (Å²) in [5, 5.41) is 0. The standard InChI is InChI=1S/C84H146O8/c1-57(19-15-21-60(4)64(8)47-66(10)72-36-33-69(48-72)51-82(86)90-12)27-29-68(26-18-24-63(7)75-42-44-80(56-75)78-38-35-71(50-78)53-84(88)92-14)32-31-67(25-17-23-62(6)73-39-40-76(54-73)65(9)45-59(3)46-81(85)89-11)30-28-58(2)20-16-22-61(5)74-41-43-79(55-74)77-37-34-70(49-77)52-83(87)91-13/h35,38,41,43,57-80H,15-34,36-37,39-40,42,44-56H2,1-14H3/t57?,58-,59-,60+,61+,62+,63+,64-,65?,66-,67-,68-,69-,70-,71-,72?,73-,74-,75-,76-,77?,78?,79-,80-/m0/s1. The van der Waals surface area contributed by atoms with Crippen LogP contribution in [0.25, 0.3) is 0 Å². The van der Waals surface area contributed by atoms with Gasteiger partial charge in [-0.25, -0.2) is 0 Å². The molecular weight excluding hydrogens is 1140 g/mol. The molecule has 530 valence electrons. The highest BCUT2D eigenvalue weighted by Crippen LogP contribution is 2.49. The average molecular weight is 1280 g/mol. The molecule has 0 saturated heterocycles. The maximum absolute atomic E-state index is 12.1. The summed E-state index contributed by atoms with van der Waals surface area (Å²) in [6.45, 7) is 25.1. The first-order valence-electron chi connectivity index (χ1n) is 39.8. The summed E-state index contributed by atoms with van der Waals surface area (Å²) >= 11 is 0. The van der Waals surface area contributed by atoms with Crippen LogP contribution in [0, 0.1) is 142 Å². The van der Waals surface area contributed by atoms with Crippen LogP contribution in [0.5, 0.6) is 0 Å². The second-order valence-corrected chi connectivity index (χ2v) is 34.5. The Hall–Kier alpha value is -2.64. The fourth-order valence-electron chi connectivity index (χ4n) is 20.3. The van der Waals surface area contributed by atoms with Gasteiger partial charge in [0, 0.05) is 19.3 Å². The Morgan fingerprint density at radius 3 is 1.41 bits per heavy atom. The summed E-state index contributed by atoms with van der Waals surface area (Å²) < 4.78 is 20.1. The van der Waals surface area contributed by atoms with Gasteiger partial charge in [-0.2, -0.15) is 0 Å². The van der Waals surface area contributed by atoms with Crippen molar-refractivity contribution in [3.63, 3.8) is 0 Å². The lowest BCUT2D eigenvalue weighted by Gasteiger charge is -2.27. The summed E-state index contributed by atoms with van der Waals surface area (Å²) in [4.78, 5) is 48.2. The lowest BCUT2D eigenvalue weighted by atomic mass is 9.78. The number of hydrogen-bond donors (Lipinski definition) is 0. The van der Waals surface area contributed by atoms with Gasteiger partial charge in [-0.3, -0.25) is 19.2 Å². The summed E-state index contributed by atoms with van der Waals surface area (Å²) in [5.41, 5.74) is 0. The van der Waals surface area contributed by atoms with E-state index in [1.54, 1.807) is 0 Å². The van der Waals surface area contributed by atoms with E-state index in [9.17, 15) is 19.2 Å². The second kappa shape index (κ2) is 41.6. The van der Waals surface area contributed by atoms with Gasteiger partial charge in [0.25, 0.3) is 0 Å². The zero-order valence-corrected chi connectivity index (χ0v) is 62.3. The Labute approximate surface area is 567 Å². The molecule has 6 aliphatic carbocycles. The molecule has 0 spiro atoms. The highest BCUT2D eigenvalue weighted by atomic mass is 16.5. The first-order valence-corrected chi connectivity index (χ1v) is 39.8. The van der Waals surface area contributed by atoms with Gasteiger partial charge in [0.05, 0.1) is 34.9 Å². The molecule has 5 unspecified atom stereocenters. The number of methoxy groups -OCH3 is 4. The lowest BCUT2D eigenvalue weighted by Crippen LogP contribution is -2.17. The zero-order chi connectivity index (χ0) is 66.7. The average Bonchev–Trinajstić information content (AvgIpc) is 2.34. The molecule has 24 atom stereocenters. The smallest absolute Gasteiger partial charge is 0.306 e. The third kappa shape index (κ3) is 27.3. The van der Waals surface area contributed by atoms with Crippen molar-refractivity contribution in [1.29, 1.82) is 0 Å². The van der Waals surface area contributed by atoms with Crippen LogP contribution in [0.2, 0.25) is 0 Å². The largest absolute Gasteiger partial charge is 0.469 e. The van der Waals surface area contributed by atoms with Gasteiger partial charge in [0.1, 0.15) is 0 Å². The highest BCUT2D eigenvalue weighted by Gasteiger charge is 2.38. The molecule has 0 aromatic carbocycles. The number of ether oxygens (including phenoxy) is 4. The van der Waals surface area contributed by atoms with Crippen LogP contribution >= 0.6 is 0 Å². The van der Waals surface area contributed by atoms with Crippen LogP contribution in [0.4, 0.5) is 0 Å². The Bertz CT molecular complexity index is 2150. The quantitative estimate of drug-likeness (QED) is 0.0337. The van der Waals surface area contributed by atoms with Gasteiger partial charge in [-0.1, -0.05) is 209 Å². The number of rotatable bonds is 45. The molecule has 0 aliphatic heterocycles. The van der Waals surface area contributed by atoms with Gasteiger partial charge in [0.2, 0.25) is 0 Å². The minimum Gasteiger partial charge on any atom is -0.469 e. The van der Waals surface area contributed by atoms with Crippen LogP contribution in [-0.4, -0.2) is 52.3 Å². The van der Waals surface area contributed by atoms with E-state index in [-0.39, 0.29) is 23.9 Å². The monoisotopic (exact) mass is 1280 g/mol. The first-order chi connectivity index (χ1) is 44.1. The summed E-state index contributed by atoms with van der Waals surface area (Å²) in [5.74, 6) is 16.8. The van der Waals surface area contributed by atoms with Crippen molar-refractivity contribution in [2.24, 2.45) is 142 Å². The molecule has 0 N–H and O–H groups in total. The number of esters is 4. The summed E-state index contributed by atoms with van der Waals surface area (Å²) in [6, 6.07) is 0. The van der Waals surface area contributed by atoms with E-state index in [0.29, 0.717) is 73.0 Å². The first kappa shape index (κ1) is 78.4. The Balaban J connectivity index is 1.02. The fraction of sp³-hybridized carbons (Fsp3) is 0.905. The maximum Gasteiger partial charge on any atom is 0.306 e. The minimum absolute atomic E-state index is 0.0363. The van der Waals surface area contributed by atoms with Crippen LogP contribution in [0.1, 0.15) is 313 Å². The number of carbonyl (C=O) groups excluding carboxylic acids is 4. The molecule has 0 radical (unpaired) electrons. The third-order valence-corrected chi connectivity index (χ3v) is 27.3. The highest BCUT2D eigenvalue weighted by molar-refractivity contribution is 5.70. The van der Waals surface area contributed by atoms with Gasteiger partial charge >= 0.3 is 23.9 Å². The molecule has 8 nitrogen and oxygen atoms in total. The fourth-order valence-corrected chi connectivity index (χ4v) is 20.3. The van der Waals surface area contributed by atoms with Crippen molar-refractivity contribution in [2.45, 2.75) is 313 Å². The van der Waals surface area contributed by atoms with Crippen molar-refractivity contribution >= 4 is 23.9 Å². The van der Waals surface area contributed by atoms with E-state index in [4.69, 9.17) is 18.9 Å². The van der Waals surface area contributed by atoms with Crippen molar-refractivity contribution in [1.82, 2.24) is 0 Å². The molecule has 0 aromatic rings. The van der Waals surface area contributed by atoms with Gasteiger partial charge < -0.3 is 18.9 Å². The van der Waals surface area contributed by atoms with Gasteiger partial charge in [0.15, 0.2) is 0 Å². The molecular formula is C84H146O8. The van der Waals surface area contributed by atoms with E-state index >= 15 is 0 Å². The molecule has 0 aromatic heterocycles.